The molecule has 1 aromatic heterocycles. The molecule has 0 spiro atoms. The Bertz CT molecular complexity index is 963. The van der Waals surface area contributed by atoms with E-state index < -0.39 is 22.3 Å². The maximum Gasteiger partial charge on any atom is 0.288 e. The Kier molecular flexibility index (Phi) is 3.73. The van der Waals surface area contributed by atoms with Gasteiger partial charge in [-0.3, -0.25) is 14.9 Å². The first-order valence-corrected chi connectivity index (χ1v) is 8.76. The largest absolute Gasteiger partial charge is 0.298 e. The Morgan fingerprint density at radius 1 is 1.35 bits per heavy atom. The second kappa shape index (κ2) is 5.74. The summed E-state index contributed by atoms with van der Waals surface area (Å²) in [7, 11) is 0. The van der Waals surface area contributed by atoms with Crippen LogP contribution < -0.4 is 0 Å². The lowest BCUT2D eigenvalue weighted by Gasteiger charge is -2.40. The van der Waals surface area contributed by atoms with Crippen LogP contribution in [-0.4, -0.2) is 26.2 Å². The van der Waals surface area contributed by atoms with Gasteiger partial charge in [0.25, 0.3) is 5.69 Å². The smallest absolute Gasteiger partial charge is 0.288 e. The molecule has 0 N–H and O–H groups in total. The summed E-state index contributed by atoms with van der Waals surface area (Å²) in [5.74, 6) is 0.268. The quantitative estimate of drug-likeness (QED) is 0.585. The highest BCUT2D eigenvalue weighted by molar-refractivity contribution is 6.32. The van der Waals surface area contributed by atoms with Crippen LogP contribution in [0.4, 0.5) is 11.5 Å². The average Bonchev–Trinajstić information content (AvgIpc) is 3.05. The van der Waals surface area contributed by atoms with Crippen molar-refractivity contribution in [1.82, 2.24) is 9.78 Å². The molecule has 1 fully saturated rings. The summed E-state index contributed by atoms with van der Waals surface area (Å²) in [5.41, 5.74) is 0.814. The molecule has 1 aliphatic heterocycles. The molecular formula is C18H17ClN4O3. The number of nitro benzene ring substituents is 1. The summed E-state index contributed by atoms with van der Waals surface area (Å²) < 4.78 is 1.68. The zero-order valence-corrected chi connectivity index (χ0v) is 15.1. The van der Waals surface area contributed by atoms with Gasteiger partial charge in [-0.2, -0.15) is 5.10 Å². The number of Topliss-reactive ketones (excluding diaryl/α,β-unsaturated/α-hetero) is 1. The molecule has 4 rings (SSSR count). The van der Waals surface area contributed by atoms with Gasteiger partial charge >= 0.3 is 0 Å². The summed E-state index contributed by atoms with van der Waals surface area (Å²) in [6, 6.07) is 5.99. The monoisotopic (exact) mass is 372 g/mol. The van der Waals surface area contributed by atoms with Crippen molar-refractivity contribution in [2.45, 2.75) is 32.7 Å². The molecule has 134 valence electrons. The Hall–Kier alpha value is -2.54. The Morgan fingerprint density at radius 2 is 2.12 bits per heavy atom. The van der Waals surface area contributed by atoms with Gasteiger partial charge in [0.1, 0.15) is 10.8 Å². The topological polar surface area (TPSA) is 90.4 Å². The minimum Gasteiger partial charge on any atom is -0.298 e. The van der Waals surface area contributed by atoms with Crippen molar-refractivity contribution < 1.29 is 9.72 Å². The summed E-state index contributed by atoms with van der Waals surface area (Å²) >= 11 is 5.97. The molecule has 2 heterocycles. The van der Waals surface area contributed by atoms with E-state index in [1.54, 1.807) is 23.0 Å². The maximum atomic E-state index is 13.2. The molecule has 2 atom stereocenters. The minimum atomic E-state index is -0.514. The summed E-state index contributed by atoms with van der Waals surface area (Å²) in [5, 5.41) is 15.7. The molecule has 8 heteroatoms. The zero-order chi connectivity index (χ0) is 18.6. The van der Waals surface area contributed by atoms with Crippen molar-refractivity contribution in [2.75, 3.05) is 0 Å². The Morgan fingerprint density at radius 3 is 2.85 bits per heavy atom. The molecule has 0 radical (unpaired) electrons. The number of hydrogen-bond donors (Lipinski definition) is 0. The number of halogens is 1. The summed E-state index contributed by atoms with van der Waals surface area (Å²) in [6.07, 6.45) is 3.09. The highest BCUT2D eigenvalue weighted by Crippen LogP contribution is 2.46. The lowest BCUT2D eigenvalue weighted by Crippen LogP contribution is -2.46. The van der Waals surface area contributed by atoms with Gasteiger partial charge in [0.05, 0.1) is 23.1 Å². The number of benzene rings is 1. The Labute approximate surface area is 154 Å². The van der Waals surface area contributed by atoms with E-state index in [1.165, 1.54) is 12.1 Å². The van der Waals surface area contributed by atoms with E-state index in [0.717, 1.165) is 18.6 Å². The van der Waals surface area contributed by atoms with Gasteiger partial charge in [-0.15, -0.1) is 0 Å². The highest BCUT2D eigenvalue weighted by Gasteiger charge is 2.48. The van der Waals surface area contributed by atoms with E-state index in [4.69, 9.17) is 11.6 Å². The van der Waals surface area contributed by atoms with E-state index in [1.807, 2.05) is 13.8 Å². The third-order valence-electron chi connectivity index (χ3n) is 5.31. The molecule has 0 amide bonds. The zero-order valence-electron chi connectivity index (χ0n) is 14.3. The van der Waals surface area contributed by atoms with Crippen molar-refractivity contribution in [1.29, 1.82) is 0 Å². The van der Waals surface area contributed by atoms with Crippen molar-refractivity contribution in [3.05, 3.63) is 51.2 Å². The number of rotatable bonds is 2. The van der Waals surface area contributed by atoms with E-state index in [0.29, 0.717) is 11.4 Å². The molecule has 0 saturated heterocycles. The fraction of sp³-hybridized carbons (Fsp3) is 0.389. The van der Waals surface area contributed by atoms with Gasteiger partial charge in [0.2, 0.25) is 0 Å². The number of nitrogens with zero attached hydrogens (tertiary/aromatic N) is 4. The first kappa shape index (κ1) is 16.9. The average molecular weight is 373 g/mol. The van der Waals surface area contributed by atoms with Crippen LogP contribution in [-0.2, 0) is 4.79 Å². The molecule has 2 aromatic rings. The van der Waals surface area contributed by atoms with Crippen LogP contribution in [0.2, 0.25) is 5.02 Å². The Balaban J connectivity index is 1.91. The predicted octanol–water partition coefficient (Wildman–Crippen LogP) is 4.13. The van der Waals surface area contributed by atoms with Crippen molar-refractivity contribution in [3.8, 4) is 0 Å². The molecule has 2 aliphatic rings. The van der Waals surface area contributed by atoms with Crippen LogP contribution in [0.5, 0.6) is 0 Å². The van der Waals surface area contributed by atoms with E-state index in [-0.39, 0.29) is 16.5 Å². The van der Waals surface area contributed by atoms with Crippen LogP contribution in [0.25, 0.3) is 0 Å². The van der Waals surface area contributed by atoms with Crippen molar-refractivity contribution in [3.63, 3.8) is 0 Å². The number of fused-ring (bicyclic) bond motifs is 2. The molecule has 0 bridgehead atoms. The molecule has 2 unspecified atom stereocenters. The number of aromatic nitrogens is 2. The van der Waals surface area contributed by atoms with E-state index in [2.05, 4.69) is 10.1 Å². The van der Waals surface area contributed by atoms with E-state index >= 15 is 0 Å². The lowest BCUT2D eigenvalue weighted by atomic mass is 9.66. The van der Waals surface area contributed by atoms with Gasteiger partial charge < -0.3 is 0 Å². The number of aliphatic imine (C=N–C) groups is 1. The molecule has 1 aromatic carbocycles. The van der Waals surface area contributed by atoms with Crippen molar-refractivity contribution in [2.24, 2.45) is 16.3 Å². The second-order valence-corrected chi connectivity index (χ2v) is 7.78. The number of carbonyl (C=O) groups is 1. The molecule has 7 nitrogen and oxygen atoms in total. The second-order valence-electron chi connectivity index (χ2n) is 7.38. The van der Waals surface area contributed by atoms with Crippen LogP contribution >= 0.6 is 11.6 Å². The number of hydrogen-bond acceptors (Lipinski definition) is 5. The third-order valence-corrected chi connectivity index (χ3v) is 5.63. The molecule has 1 aliphatic carbocycles. The van der Waals surface area contributed by atoms with Crippen LogP contribution in [0.15, 0.2) is 35.5 Å². The fourth-order valence-corrected chi connectivity index (χ4v) is 4.01. The maximum absolute atomic E-state index is 13.2. The first-order chi connectivity index (χ1) is 12.3. The van der Waals surface area contributed by atoms with Crippen LogP contribution in [0.1, 0.15) is 38.3 Å². The third kappa shape index (κ3) is 2.46. The standard InChI is InChI=1S/C18H17ClN4O3/c1-18(2)7-5-12-15(17(18)24)16(22-14(21-12)6-8-20-22)10-3-4-11(19)13(9-10)23(25)26/h3-4,6,8-9,15-16H,5,7H2,1-2H3. The minimum absolute atomic E-state index is 0.0689. The van der Waals surface area contributed by atoms with Crippen molar-refractivity contribution >= 4 is 34.6 Å². The number of ketones is 1. The predicted molar refractivity (Wildman–Crippen MR) is 97.1 cm³/mol. The number of nitro groups is 1. The first-order valence-electron chi connectivity index (χ1n) is 8.39. The molecule has 26 heavy (non-hydrogen) atoms. The van der Waals surface area contributed by atoms with Crippen LogP contribution in [0, 0.1) is 21.4 Å². The van der Waals surface area contributed by atoms with E-state index in [9.17, 15) is 14.9 Å². The molecule has 1 saturated carbocycles. The number of carbonyl (C=O) groups excluding carboxylic acids is 1. The van der Waals surface area contributed by atoms with Gasteiger partial charge in [-0.1, -0.05) is 31.5 Å². The SMILES string of the molecule is CC1(C)CCC2=Nc3ccnn3C(c3ccc(Cl)c([N+](=O)[O-])c3)C2C1=O. The molecular weight excluding hydrogens is 356 g/mol. The fourth-order valence-electron chi connectivity index (χ4n) is 3.83. The highest BCUT2D eigenvalue weighted by atomic mass is 35.5. The lowest BCUT2D eigenvalue weighted by molar-refractivity contribution is -0.384. The van der Waals surface area contributed by atoms with Gasteiger partial charge in [-0.05, 0) is 24.5 Å². The van der Waals surface area contributed by atoms with Gasteiger partial charge in [0, 0.05) is 23.3 Å². The van der Waals surface area contributed by atoms with Gasteiger partial charge in [0.15, 0.2) is 5.82 Å². The normalized spacial score (nSPS) is 23.8. The summed E-state index contributed by atoms with van der Waals surface area (Å²) in [6.45, 7) is 3.87. The van der Waals surface area contributed by atoms with Gasteiger partial charge in [-0.25, -0.2) is 9.67 Å². The summed E-state index contributed by atoms with van der Waals surface area (Å²) in [4.78, 5) is 28.6. The van der Waals surface area contributed by atoms with Crippen LogP contribution in [0.3, 0.4) is 0 Å².